The molecule has 0 fully saturated rings. The van der Waals surface area contributed by atoms with Gasteiger partial charge < -0.3 is 0 Å². The Balaban J connectivity index is 4.74. The number of hydrogen-bond donors (Lipinski definition) is 0. The molecule has 0 saturated carbocycles. The number of unbranched alkanes of at least 4 members (excludes halogenated alkanes) is 9. The van der Waals surface area contributed by atoms with Gasteiger partial charge in [0.1, 0.15) is 0 Å². The summed E-state index contributed by atoms with van der Waals surface area (Å²) in [6.45, 7) is 9.40. The van der Waals surface area contributed by atoms with Crippen molar-refractivity contribution < 1.29 is 0 Å². The molecule has 0 aromatic carbocycles. The van der Waals surface area contributed by atoms with Gasteiger partial charge in [-0.3, -0.25) is 0 Å². The van der Waals surface area contributed by atoms with Crippen molar-refractivity contribution in [1.82, 2.24) is 0 Å². The molecule has 0 aliphatic heterocycles. The molecule has 0 heterocycles. The van der Waals surface area contributed by atoms with E-state index in [4.69, 9.17) is 0 Å². The van der Waals surface area contributed by atoms with E-state index in [-0.39, 0.29) is 0 Å². The van der Waals surface area contributed by atoms with Gasteiger partial charge in [0, 0.05) is 0 Å². The Bertz CT molecular complexity index is 231. The molecule has 0 amide bonds. The number of halogens is 1. The van der Waals surface area contributed by atoms with E-state index in [1.54, 1.807) is 0 Å². The van der Waals surface area contributed by atoms with Gasteiger partial charge in [-0.1, -0.05) is 0 Å². The van der Waals surface area contributed by atoms with Crippen LogP contribution in [0.15, 0.2) is 0 Å². The SMILES string of the molecule is CCCCCCP(Br)(CCC)(CCCCCC)CCCCCC. The van der Waals surface area contributed by atoms with Crippen LogP contribution in [0.5, 0.6) is 0 Å². The van der Waals surface area contributed by atoms with E-state index in [0.29, 0.717) is 0 Å². The van der Waals surface area contributed by atoms with Crippen LogP contribution < -0.4 is 0 Å². The Labute approximate surface area is 156 Å². The van der Waals surface area contributed by atoms with Gasteiger partial charge in [-0.15, -0.1) is 0 Å². The van der Waals surface area contributed by atoms with Crippen LogP contribution in [-0.4, -0.2) is 24.6 Å². The normalized spacial score (nSPS) is 13.9. The first-order valence-electron chi connectivity index (χ1n) is 10.8. The van der Waals surface area contributed by atoms with Crippen molar-refractivity contribution in [2.45, 2.75) is 111 Å². The Hall–Kier alpha value is 0.910. The zero-order valence-corrected chi connectivity index (χ0v) is 19.3. The summed E-state index contributed by atoms with van der Waals surface area (Å²) in [5.74, 6) is 0. The molecule has 23 heavy (non-hydrogen) atoms. The van der Waals surface area contributed by atoms with Gasteiger partial charge in [-0.2, -0.15) is 0 Å². The van der Waals surface area contributed by atoms with Crippen molar-refractivity contribution in [3.05, 3.63) is 0 Å². The molecule has 142 valence electrons. The van der Waals surface area contributed by atoms with E-state index in [1.165, 1.54) is 108 Å². The minimum absolute atomic E-state index is 1.36. The van der Waals surface area contributed by atoms with E-state index >= 15 is 0 Å². The standard InChI is InChI=1S/C21H46BrP/c1-5-9-12-15-19-23(22,18-8-4,20-16-13-10-6-2)21-17-14-11-7-3/h5-21H2,1-4H3. The van der Waals surface area contributed by atoms with Gasteiger partial charge in [0.15, 0.2) is 0 Å². The van der Waals surface area contributed by atoms with Gasteiger partial charge in [0.05, 0.1) is 0 Å². The first-order chi connectivity index (χ1) is 11.0. The van der Waals surface area contributed by atoms with Gasteiger partial charge in [0.2, 0.25) is 0 Å². The van der Waals surface area contributed by atoms with Crippen LogP contribution in [0.3, 0.4) is 0 Å². The quantitative estimate of drug-likeness (QED) is 0.166. The van der Waals surface area contributed by atoms with Crippen molar-refractivity contribution in [3.63, 3.8) is 0 Å². The summed E-state index contributed by atoms with van der Waals surface area (Å²) in [5.41, 5.74) is 0. The average molecular weight is 409 g/mol. The molecule has 0 nitrogen and oxygen atoms in total. The third-order valence-electron chi connectivity index (χ3n) is 5.49. The van der Waals surface area contributed by atoms with Gasteiger partial charge in [-0.05, 0) is 0 Å². The summed E-state index contributed by atoms with van der Waals surface area (Å²) >= 11 is 4.54. The molecule has 0 aromatic heterocycles. The molecule has 0 aliphatic carbocycles. The van der Waals surface area contributed by atoms with Crippen molar-refractivity contribution >= 4 is 20.8 Å². The van der Waals surface area contributed by atoms with E-state index in [9.17, 15) is 0 Å². The monoisotopic (exact) mass is 408 g/mol. The van der Waals surface area contributed by atoms with Crippen LogP contribution in [0.4, 0.5) is 0 Å². The maximum atomic E-state index is 4.54. The van der Waals surface area contributed by atoms with Crippen molar-refractivity contribution in [1.29, 1.82) is 0 Å². The minimum atomic E-state index is -1.62. The molecule has 0 spiro atoms. The molecule has 0 radical (unpaired) electrons. The van der Waals surface area contributed by atoms with Crippen molar-refractivity contribution in [3.8, 4) is 0 Å². The van der Waals surface area contributed by atoms with Gasteiger partial charge in [0.25, 0.3) is 0 Å². The summed E-state index contributed by atoms with van der Waals surface area (Å²) in [5, 5.41) is -1.62. The summed E-state index contributed by atoms with van der Waals surface area (Å²) < 4.78 is 0. The summed E-state index contributed by atoms with van der Waals surface area (Å²) in [7, 11) is 0. The Morgan fingerprint density at radius 1 is 0.435 bits per heavy atom. The predicted molar refractivity (Wildman–Crippen MR) is 118 cm³/mol. The van der Waals surface area contributed by atoms with E-state index in [1.807, 2.05) is 0 Å². The molecule has 0 N–H and O–H groups in total. The maximum absolute atomic E-state index is 4.54. The molecule has 0 aliphatic rings. The fraction of sp³-hybridized carbons (Fsp3) is 1.00. The number of rotatable bonds is 17. The molecule has 0 bridgehead atoms. The topological polar surface area (TPSA) is 0 Å². The average Bonchev–Trinajstić information content (AvgIpc) is 2.54. The van der Waals surface area contributed by atoms with Crippen LogP contribution in [0.2, 0.25) is 0 Å². The Morgan fingerprint density at radius 2 is 0.783 bits per heavy atom. The Kier molecular flexibility index (Phi) is 14.7. The van der Waals surface area contributed by atoms with Crippen LogP contribution in [0.25, 0.3) is 0 Å². The molecule has 0 atom stereocenters. The van der Waals surface area contributed by atoms with E-state index in [2.05, 4.69) is 43.2 Å². The van der Waals surface area contributed by atoms with Crippen molar-refractivity contribution in [2.24, 2.45) is 0 Å². The Morgan fingerprint density at radius 3 is 1.04 bits per heavy atom. The zero-order valence-electron chi connectivity index (χ0n) is 16.8. The van der Waals surface area contributed by atoms with Crippen LogP contribution in [-0.2, 0) is 0 Å². The predicted octanol–water partition coefficient (Wildman–Crippen LogP) is 9.00. The molecular weight excluding hydrogens is 363 g/mol. The second-order valence-corrected chi connectivity index (χ2v) is 19.3. The third-order valence-corrected chi connectivity index (χ3v) is 15.6. The molecule has 0 rings (SSSR count). The molecule has 0 saturated heterocycles. The molecule has 0 aromatic rings. The second-order valence-electron chi connectivity index (χ2n) is 7.90. The van der Waals surface area contributed by atoms with E-state index in [0.717, 1.165) is 0 Å². The molecular formula is C21H46BrP. The summed E-state index contributed by atoms with van der Waals surface area (Å²) in [4.78, 5) is 0. The number of hydrogen-bond acceptors (Lipinski definition) is 0. The van der Waals surface area contributed by atoms with Gasteiger partial charge >= 0.3 is 157 Å². The van der Waals surface area contributed by atoms with Crippen LogP contribution in [0, 0.1) is 0 Å². The van der Waals surface area contributed by atoms with Crippen LogP contribution >= 0.6 is 20.8 Å². The van der Waals surface area contributed by atoms with Crippen molar-refractivity contribution in [2.75, 3.05) is 24.6 Å². The summed E-state index contributed by atoms with van der Waals surface area (Å²) in [6.07, 6.45) is 24.6. The van der Waals surface area contributed by atoms with Crippen LogP contribution in [0.1, 0.15) is 111 Å². The second kappa shape index (κ2) is 14.1. The molecule has 2 heteroatoms. The third kappa shape index (κ3) is 11.2. The fourth-order valence-electron chi connectivity index (χ4n) is 4.03. The summed E-state index contributed by atoms with van der Waals surface area (Å²) in [6, 6.07) is 0. The van der Waals surface area contributed by atoms with Gasteiger partial charge in [-0.25, -0.2) is 0 Å². The molecule has 0 unspecified atom stereocenters. The fourth-order valence-corrected chi connectivity index (χ4v) is 12.9. The van der Waals surface area contributed by atoms with E-state index < -0.39 is 5.31 Å². The zero-order chi connectivity index (χ0) is 17.5. The first kappa shape index (κ1) is 23.9. The first-order valence-corrected chi connectivity index (χ1v) is 15.8.